The van der Waals surface area contributed by atoms with E-state index in [1.807, 2.05) is 0 Å². The van der Waals surface area contributed by atoms with Gasteiger partial charge in [-0.05, 0) is 140 Å². The lowest BCUT2D eigenvalue weighted by Gasteiger charge is -2.27. The third-order valence-corrected chi connectivity index (χ3v) is 16.9. The highest BCUT2D eigenvalue weighted by molar-refractivity contribution is 6.89. The fourth-order valence-electron chi connectivity index (χ4n) is 9.28. The summed E-state index contributed by atoms with van der Waals surface area (Å²) in [5.41, 5.74) is 11.8. The van der Waals surface area contributed by atoms with E-state index in [1.54, 1.807) is 0 Å². The molecule has 0 radical (unpaired) electrons. The molecule has 0 heterocycles. The van der Waals surface area contributed by atoms with Crippen molar-refractivity contribution in [1.29, 1.82) is 0 Å². The lowest BCUT2D eigenvalue weighted by atomic mass is 9.87. The summed E-state index contributed by atoms with van der Waals surface area (Å²) in [6.07, 6.45) is 0. The van der Waals surface area contributed by atoms with Crippen LogP contribution in [0.15, 0.2) is 218 Å². The highest BCUT2D eigenvalue weighted by Gasteiger charge is 2.21. The van der Waals surface area contributed by atoms with Crippen LogP contribution in [0.25, 0.3) is 54.6 Å². The first-order chi connectivity index (χ1) is 31.0. The topological polar surface area (TPSA) is 6.48 Å². The molecule has 4 heteroatoms. The Labute approximate surface area is 380 Å². The third kappa shape index (κ3) is 7.85. The van der Waals surface area contributed by atoms with Crippen LogP contribution >= 0.6 is 0 Å². The standard InChI is InChI=1S/C60H54N2Si2/c1-63(2,3)51-37-33-49(34-38-51)61(45-17-9-7-10-18-45)47-29-25-43(26-30-47)57-41-59-56-24-16-14-22-54(56)58(42-60(59)55-23-15-13-21-53(55)57)44-27-31-48(32-28-44)62(46-19-11-8-12-20-46)50-35-39-52(40-36-50)64(4,5)6/h7-42H,1-6H3. The van der Waals surface area contributed by atoms with Gasteiger partial charge in [-0.3, -0.25) is 0 Å². The van der Waals surface area contributed by atoms with Gasteiger partial charge in [0.05, 0.1) is 16.1 Å². The largest absolute Gasteiger partial charge is 0.311 e. The predicted octanol–water partition coefficient (Wildman–Crippen LogP) is 16.5. The number of benzene rings is 10. The molecule has 0 saturated heterocycles. The van der Waals surface area contributed by atoms with Gasteiger partial charge in [-0.15, -0.1) is 0 Å². The molecule has 64 heavy (non-hydrogen) atoms. The first-order valence-corrected chi connectivity index (χ1v) is 29.5. The maximum atomic E-state index is 2.43. The molecular formula is C60H54N2Si2. The normalized spacial score (nSPS) is 11.9. The van der Waals surface area contributed by atoms with Crippen molar-refractivity contribution in [2.75, 3.05) is 9.80 Å². The van der Waals surface area contributed by atoms with Gasteiger partial charge in [0.15, 0.2) is 0 Å². The van der Waals surface area contributed by atoms with Crippen molar-refractivity contribution in [3.05, 3.63) is 218 Å². The Morgan fingerprint density at radius 1 is 0.250 bits per heavy atom. The molecule has 10 aromatic rings. The minimum Gasteiger partial charge on any atom is -0.311 e. The molecule has 2 nitrogen and oxygen atoms in total. The third-order valence-electron chi connectivity index (χ3n) is 12.8. The second-order valence-electron chi connectivity index (χ2n) is 19.1. The maximum Gasteiger partial charge on any atom is 0.0775 e. The molecule has 0 spiro atoms. The molecule has 0 aromatic heterocycles. The molecule has 0 aliphatic rings. The van der Waals surface area contributed by atoms with Gasteiger partial charge >= 0.3 is 0 Å². The minimum atomic E-state index is -1.43. The van der Waals surface area contributed by atoms with E-state index in [2.05, 4.69) is 267 Å². The predicted molar refractivity (Wildman–Crippen MR) is 285 cm³/mol. The highest BCUT2D eigenvalue weighted by Crippen LogP contribution is 2.44. The molecule has 0 aliphatic carbocycles. The monoisotopic (exact) mass is 858 g/mol. The molecule has 0 atom stereocenters. The van der Waals surface area contributed by atoms with E-state index in [9.17, 15) is 0 Å². The zero-order chi connectivity index (χ0) is 44.0. The summed E-state index contributed by atoms with van der Waals surface area (Å²) in [7, 11) is -2.85. The molecule has 0 unspecified atom stereocenters. The number of para-hydroxylation sites is 2. The van der Waals surface area contributed by atoms with Crippen LogP contribution in [0, 0.1) is 0 Å². The van der Waals surface area contributed by atoms with E-state index < -0.39 is 16.1 Å². The molecule has 0 saturated carbocycles. The summed E-state index contributed by atoms with van der Waals surface area (Å²) in [4.78, 5) is 4.73. The van der Waals surface area contributed by atoms with E-state index in [-0.39, 0.29) is 0 Å². The minimum absolute atomic E-state index is 1.13. The summed E-state index contributed by atoms with van der Waals surface area (Å²) in [6, 6.07) is 80.9. The summed E-state index contributed by atoms with van der Waals surface area (Å²) >= 11 is 0. The molecule has 0 aliphatic heterocycles. The van der Waals surface area contributed by atoms with Crippen molar-refractivity contribution < 1.29 is 0 Å². The van der Waals surface area contributed by atoms with Crippen molar-refractivity contribution in [2.45, 2.75) is 39.3 Å². The number of fused-ring (bicyclic) bond motifs is 5. The summed E-state index contributed by atoms with van der Waals surface area (Å²) in [5.74, 6) is 0. The van der Waals surface area contributed by atoms with Crippen molar-refractivity contribution in [3.8, 4) is 22.3 Å². The van der Waals surface area contributed by atoms with Crippen LogP contribution in [-0.4, -0.2) is 16.1 Å². The average Bonchev–Trinajstić information content (AvgIpc) is 3.32. The number of hydrogen-bond donors (Lipinski definition) is 0. The lowest BCUT2D eigenvalue weighted by Crippen LogP contribution is -2.37. The van der Waals surface area contributed by atoms with Crippen LogP contribution in [0.4, 0.5) is 34.1 Å². The van der Waals surface area contributed by atoms with Crippen LogP contribution in [-0.2, 0) is 0 Å². The first-order valence-electron chi connectivity index (χ1n) is 22.5. The van der Waals surface area contributed by atoms with Crippen LogP contribution < -0.4 is 20.2 Å². The summed E-state index contributed by atoms with van der Waals surface area (Å²) in [5, 5.41) is 10.5. The van der Waals surface area contributed by atoms with E-state index in [0.717, 1.165) is 34.1 Å². The Morgan fingerprint density at radius 3 is 0.828 bits per heavy atom. The number of nitrogens with zero attached hydrogens (tertiary/aromatic N) is 2. The van der Waals surface area contributed by atoms with E-state index in [1.165, 1.54) is 64.9 Å². The molecular weight excluding hydrogens is 805 g/mol. The van der Waals surface area contributed by atoms with Crippen LogP contribution in [0.2, 0.25) is 39.3 Å². The fourth-order valence-corrected chi connectivity index (χ4v) is 11.6. The van der Waals surface area contributed by atoms with Crippen molar-refractivity contribution >= 4 is 93.0 Å². The Balaban J connectivity index is 1.05. The van der Waals surface area contributed by atoms with Gasteiger partial charge in [0.2, 0.25) is 0 Å². The SMILES string of the molecule is C[Si](C)(C)c1ccc(N(c2ccccc2)c2ccc(-c3cc4c5ccccc5c(-c5ccc(N(c6ccccc6)c6ccc([Si](C)(C)C)cc6)cc5)cc4c4ccccc34)cc2)cc1. The molecule has 0 bridgehead atoms. The Bertz CT molecular complexity index is 3020. The molecule has 312 valence electrons. The Hall–Kier alpha value is -6.99. The highest BCUT2D eigenvalue weighted by atomic mass is 28.3. The van der Waals surface area contributed by atoms with Gasteiger partial charge in [-0.25, -0.2) is 0 Å². The molecule has 10 aromatic carbocycles. The number of rotatable bonds is 10. The maximum absolute atomic E-state index is 2.43. The first kappa shape index (κ1) is 41.0. The van der Waals surface area contributed by atoms with Crippen LogP contribution in [0.3, 0.4) is 0 Å². The van der Waals surface area contributed by atoms with Gasteiger partial charge in [-0.2, -0.15) is 0 Å². The Morgan fingerprint density at radius 2 is 0.516 bits per heavy atom. The van der Waals surface area contributed by atoms with E-state index in [4.69, 9.17) is 0 Å². The smallest absolute Gasteiger partial charge is 0.0775 e. The zero-order valence-electron chi connectivity index (χ0n) is 37.7. The summed E-state index contributed by atoms with van der Waals surface area (Å²) < 4.78 is 0. The molecule has 10 rings (SSSR count). The second kappa shape index (κ2) is 16.6. The van der Waals surface area contributed by atoms with Crippen molar-refractivity contribution in [3.63, 3.8) is 0 Å². The van der Waals surface area contributed by atoms with Gasteiger partial charge in [-0.1, -0.05) is 183 Å². The second-order valence-corrected chi connectivity index (χ2v) is 29.2. The van der Waals surface area contributed by atoms with Crippen LogP contribution in [0.1, 0.15) is 0 Å². The molecule has 0 N–H and O–H groups in total. The van der Waals surface area contributed by atoms with Gasteiger partial charge in [0.1, 0.15) is 0 Å². The Kier molecular flexibility index (Phi) is 10.7. The summed E-state index contributed by atoms with van der Waals surface area (Å²) in [6.45, 7) is 14.4. The number of anilines is 6. The quantitative estimate of drug-likeness (QED) is 0.0999. The average molecular weight is 859 g/mol. The van der Waals surface area contributed by atoms with Gasteiger partial charge < -0.3 is 9.80 Å². The number of hydrogen-bond acceptors (Lipinski definition) is 2. The van der Waals surface area contributed by atoms with E-state index in [0.29, 0.717) is 0 Å². The lowest BCUT2D eigenvalue weighted by molar-refractivity contribution is 1.28. The van der Waals surface area contributed by atoms with Crippen molar-refractivity contribution in [2.24, 2.45) is 0 Å². The van der Waals surface area contributed by atoms with Crippen LogP contribution in [0.5, 0.6) is 0 Å². The molecule has 0 fully saturated rings. The fraction of sp³-hybridized carbons (Fsp3) is 0.100. The van der Waals surface area contributed by atoms with E-state index >= 15 is 0 Å². The van der Waals surface area contributed by atoms with Crippen molar-refractivity contribution in [1.82, 2.24) is 0 Å². The van der Waals surface area contributed by atoms with Gasteiger partial charge in [0.25, 0.3) is 0 Å². The van der Waals surface area contributed by atoms with Gasteiger partial charge in [0, 0.05) is 34.1 Å². The molecule has 0 amide bonds. The zero-order valence-corrected chi connectivity index (χ0v) is 39.7.